The molecular weight excluding hydrogens is 72.1 g/mol. The second kappa shape index (κ2) is 11.3. The Labute approximate surface area is 27.3 Å². The molecule has 0 aromatic carbocycles. The van der Waals surface area contributed by atoms with Gasteiger partial charge in [-0.25, -0.2) is 0 Å². The van der Waals surface area contributed by atoms with Crippen LogP contribution >= 0.6 is 0 Å². The van der Waals surface area contributed by atoms with E-state index in [1.54, 1.807) is 0 Å². The molecule has 0 atom stereocenters. The van der Waals surface area contributed by atoms with Crippen molar-refractivity contribution < 1.29 is 5.48 Å². The Bertz CT molecular complexity index is 6.00. The summed E-state index contributed by atoms with van der Waals surface area (Å²) >= 11 is 0. The predicted molar refractivity (Wildman–Crippen MR) is 20.5 cm³/mol. The van der Waals surface area contributed by atoms with Crippen LogP contribution in [0.5, 0.6) is 0 Å². The summed E-state index contributed by atoms with van der Waals surface area (Å²) in [6, 6.07) is 0. The molecule has 0 rings (SSSR count). The van der Waals surface area contributed by atoms with Crippen LogP contribution in [0, 0.1) is 0 Å². The fourth-order valence-electron chi connectivity index (χ4n) is 0. The van der Waals surface area contributed by atoms with Gasteiger partial charge in [0.05, 0.1) is 0 Å². The fraction of sp³-hybridized carbons (Fsp3) is 0. The predicted octanol–water partition coefficient (Wildman–Crippen LogP) is -2.92. The van der Waals surface area contributed by atoms with Crippen molar-refractivity contribution in [2.24, 2.45) is 10.8 Å². The van der Waals surface area contributed by atoms with Gasteiger partial charge in [-0.05, 0) is 0 Å². The van der Waals surface area contributed by atoms with Crippen LogP contribution in [0.15, 0.2) is 0 Å². The topological polar surface area (TPSA) is 83.5 Å². The number of hydrogen-bond acceptors (Lipinski definition) is 2. The molecule has 0 heterocycles. The van der Waals surface area contributed by atoms with E-state index in [1.807, 2.05) is 0 Å². The molecule has 0 aliphatic heterocycles. The van der Waals surface area contributed by atoms with Crippen LogP contribution in [0.1, 0.15) is 0 Å². The molecular formula is H8N2OSi. The third-order valence-corrected chi connectivity index (χ3v) is 0. The third-order valence-electron chi connectivity index (χ3n) is 0. The maximum atomic E-state index is 4.76. The van der Waals surface area contributed by atoms with E-state index in [0.717, 1.165) is 0 Å². The highest BCUT2D eigenvalue weighted by molar-refractivity contribution is 6.26. The van der Waals surface area contributed by atoms with Gasteiger partial charge >= 0.3 is 0 Å². The molecule has 0 spiro atoms. The molecule has 0 radical (unpaired) electrons. The van der Waals surface area contributed by atoms with Crippen molar-refractivity contribution in [3.63, 3.8) is 0 Å². The summed E-state index contributed by atoms with van der Waals surface area (Å²) in [5.74, 6) is 0. The van der Waals surface area contributed by atoms with Crippen molar-refractivity contribution in [3.05, 3.63) is 0 Å². The summed E-state index contributed by atoms with van der Waals surface area (Å²) in [5, 5.41) is 9.53. The summed E-state index contributed by atoms with van der Waals surface area (Å²) < 4.78 is 0. The van der Waals surface area contributed by atoms with E-state index in [-0.39, 0.29) is 5.48 Å². The van der Waals surface area contributed by atoms with Crippen LogP contribution in [-0.2, 0) is 0 Å². The molecule has 6 N–H and O–H groups in total. The van der Waals surface area contributed by atoms with Gasteiger partial charge in [-0.1, -0.05) is 0 Å². The monoisotopic (exact) mass is 80.0 g/mol. The lowest BCUT2D eigenvalue weighted by Gasteiger charge is -1.53. The van der Waals surface area contributed by atoms with E-state index in [4.69, 9.17) is 10.8 Å². The van der Waals surface area contributed by atoms with Crippen molar-refractivity contribution in [2.45, 2.75) is 0 Å². The van der Waals surface area contributed by atoms with Gasteiger partial charge in [0.1, 0.15) is 0 Å². The second-order valence-electron chi connectivity index (χ2n) is 0.236. The molecule has 0 aliphatic rings. The van der Waals surface area contributed by atoms with E-state index < -0.39 is 9.84 Å². The van der Waals surface area contributed by atoms with Crippen LogP contribution in [0.4, 0.5) is 0 Å². The average molecular weight is 80.2 g/mol. The Kier molecular flexibility index (Phi) is 25.3. The van der Waals surface area contributed by atoms with Gasteiger partial charge in [0.2, 0.25) is 0 Å². The number of nitrogens with two attached hydrogens (primary N) is 2. The minimum Gasteiger partial charge on any atom is -0.412 e. The first-order chi connectivity index (χ1) is 1.41. The van der Waals surface area contributed by atoms with E-state index >= 15 is 0 Å². The summed E-state index contributed by atoms with van der Waals surface area (Å²) in [6.07, 6.45) is 0. The van der Waals surface area contributed by atoms with Crippen LogP contribution in [0.25, 0.3) is 0 Å². The maximum absolute atomic E-state index is 4.76. The molecule has 3 nitrogen and oxygen atoms in total. The molecule has 0 saturated carbocycles. The summed E-state index contributed by atoms with van der Waals surface area (Å²) in [6.45, 7) is 0. The zero-order valence-corrected chi connectivity index (χ0v) is 3.78. The van der Waals surface area contributed by atoms with Crippen molar-refractivity contribution >= 4 is 9.84 Å². The zero-order chi connectivity index (χ0) is 2.71. The molecule has 0 aromatic rings. The van der Waals surface area contributed by atoms with E-state index in [1.165, 1.54) is 0 Å². The van der Waals surface area contributed by atoms with Crippen molar-refractivity contribution in [1.29, 1.82) is 0 Å². The van der Waals surface area contributed by atoms with Gasteiger partial charge in [0, 0.05) is 0 Å². The Hall–Kier alpha value is 0.0969. The summed E-state index contributed by atoms with van der Waals surface area (Å²) in [4.78, 5) is 0. The van der Waals surface area contributed by atoms with Crippen molar-refractivity contribution in [2.75, 3.05) is 0 Å². The first-order valence-corrected chi connectivity index (χ1v) is 2.45. The van der Waals surface area contributed by atoms with Gasteiger partial charge in [-0.3, -0.25) is 0 Å². The van der Waals surface area contributed by atoms with E-state index in [0.29, 0.717) is 0 Å². The lowest BCUT2D eigenvalue weighted by molar-refractivity contribution is 0.824. The Balaban J connectivity index is 0. The summed E-state index contributed by atoms with van der Waals surface area (Å²) in [7, 11) is -0.583. The SMILES string of the molecule is N[SiH2]N.O. The Morgan fingerprint density at radius 3 is 1.25 bits per heavy atom. The molecule has 0 unspecified atom stereocenters. The molecule has 28 valence electrons. The molecule has 0 fully saturated rings. The fourth-order valence-corrected chi connectivity index (χ4v) is 0. The van der Waals surface area contributed by atoms with Crippen LogP contribution in [0.2, 0.25) is 0 Å². The standard InChI is InChI=1S/H6N2Si.H2O/c1-3-2;/h1-3H2;1H2. The van der Waals surface area contributed by atoms with E-state index in [2.05, 4.69) is 0 Å². The normalized spacial score (nSPS) is 4.50. The molecule has 0 amide bonds. The van der Waals surface area contributed by atoms with Gasteiger partial charge < -0.3 is 16.3 Å². The number of rotatable bonds is 0. The quantitative estimate of drug-likeness (QED) is 0.305. The second-order valence-corrected chi connectivity index (χ2v) is 0.707. The lowest BCUT2D eigenvalue weighted by atomic mass is 13.9. The molecule has 4 heteroatoms. The van der Waals surface area contributed by atoms with E-state index in [9.17, 15) is 0 Å². The minimum atomic E-state index is -0.583. The van der Waals surface area contributed by atoms with Gasteiger partial charge in [-0.15, -0.1) is 0 Å². The largest absolute Gasteiger partial charge is 0.412 e. The van der Waals surface area contributed by atoms with Crippen molar-refractivity contribution in [3.8, 4) is 0 Å². The highest BCUT2D eigenvalue weighted by Gasteiger charge is 1.35. The molecule has 0 saturated heterocycles. The summed E-state index contributed by atoms with van der Waals surface area (Å²) in [5.41, 5.74) is 0. The third kappa shape index (κ3) is 269. The first-order valence-electron chi connectivity index (χ1n) is 0.816. The lowest BCUT2D eigenvalue weighted by Crippen LogP contribution is -2.15. The van der Waals surface area contributed by atoms with Crippen LogP contribution < -0.4 is 10.8 Å². The van der Waals surface area contributed by atoms with Gasteiger partial charge in [0.25, 0.3) is 0 Å². The van der Waals surface area contributed by atoms with Gasteiger partial charge in [0.15, 0.2) is 9.84 Å². The molecule has 0 aliphatic carbocycles. The minimum absolute atomic E-state index is 0. The first kappa shape index (κ1) is 8.94. The Morgan fingerprint density at radius 2 is 1.25 bits per heavy atom. The molecule has 4 heavy (non-hydrogen) atoms. The van der Waals surface area contributed by atoms with Crippen LogP contribution in [0.3, 0.4) is 0 Å². The number of hydrogen-bond donors (Lipinski definition) is 2. The zero-order valence-electron chi connectivity index (χ0n) is 2.36. The molecule has 0 aromatic heterocycles. The van der Waals surface area contributed by atoms with Crippen LogP contribution in [-0.4, -0.2) is 15.3 Å². The highest BCUT2D eigenvalue weighted by Crippen LogP contribution is 0.750. The maximum Gasteiger partial charge on any atom is 0.162 e. The smallest absolute Gasteiger partial charge is 0.162 e. The molecule has 0 bridgehead atoms. The Morgan fingerprint density at radius 1 is 1.25 bits per heavy atom. The van der Waals surface area contributed by atoms with Gasteiger partial charge in [-0.2, -0.15) is 0 Å². The van der Waals surface area contributed by atoms with Crippen molar-refractivity contribution in [1.82, 2.24) is 0 Å². The highest BCUT2D eigenvalue weighted by atomic mass is 28.2. The average Bonchev–Trinajstić information content (AvgIpc) is 0.918.